The Morgan fingerprint density at radius 2 is 2.16 bits per heavy atom. The van der Waals surface area contributed by atoms with Gasteiger partial charge in [-0.15, -0.1) is 0 Å². The van der Waals surface area contributed by atoms with Gasteiger partial charge in [0, 0.05) is 30.4 Å². The Balaban J connectivity index is 2.09. The molecule has 1 aliphatic rings. The summed E-state index contributed by atoms with van der Waals surface area (Å²) in [5.74, 6) is 2.86. The molecule has 2 aromatic rings. The van der Waals surface area contributed by atoms with Gasteiger partial charge >= 0.3 is 0 Å². The molecule has 3 rings (SSSR count). The molecule has 0 bridgehead atoms. The molecule has 2 aromatic heterocycles. The van der Waals surface area contributed by atoms with Crippen LogP contribution in [0.25, 0.3) is 11.5 Å². The highest BCUT2D eigenvalue weighted by molar-refractivity contribution is 5.62. The average Bonchev–Trinajstić information content (AvgIpc) is 3.14. The molecule has 0 spiro atoms. The van der Waals surface area contributed by atoms with Gasteiger partial charge in [-0.3, -0.25) is 0 Å². The van der Waals surface area contributed by atoms with Crippen LogP contribution in [0.1, 0.15) is 43.5 Å². The average molecular weight is 257 g/mol. The maximum atomic E-state index is 6.03. The molecule has 1 saturated carbocycles. The summed E-state index contributed by atoms with van der Waals surface area (Å²) in [7, 11) is 0. The third kappa shape index (κ3) is 2.20. The van der Waals surface area contributed by atoms with Gasteiger partial charge in [-0.2, -0.15) is 0 Å². The highest BCUT2D eigenvalue weighted by atomic mass is 15.1. The highest BCUT2D eigenvalue weighted by Crippen LogP contribution is 2.39. The first kappa shape index (κ1) is 12.1. The maximum absolute atomic E-state index is 6.03. The lowest BCUT2D eigenvalue weighted by Gasteiger charge is -2.11. The number of nitrogens with zero attached hydrogens (tertiary/aromatic N) is 4. The fraction of sp³-hybridized carbons (Fsp3) is 0.500. The Bertz CT molecular complexity index is 598. The zero-order valence-corrected chi connectivity index (χ0v) is 11.4. The topological polar surface area (TPSA) is 69.6 Å². The van der Waals surface area contributed by atoms with Crippen molar-refractivity contribution in [3.8, 4) is 11.5 Å². The van der Waals surface area contributed by atoms with Gasteiger partial charge in [0.25, 0.3) is 0 Å². The summed E-state index contributed by atoms with van der Waals surface area (Å²) < 4.78 is 2.13. The van der Waals surface area contributed by atoms with E-state index in [2.05, 4.69) is 21.5 Å². The summed E-state index contributed by atoms with van der Waals surface area (Å²) in [4.78, 5) is 13.6. The molecule has 0 saturated heterocycles. The zero-order valence-electron chi connectivity index (χ0n) is 11.4. The number of rotatable bonds is 4. The second kappa shape index (κ2) is 4.64. The molecule has 19 heavy (non-hydrogen) atoms. The molecule has 1 fully saturated rings. The summed E-state index contributed by atoms with van der Waals surface area (Å²) in [6.07, 6.45) is 7.22. The molecule has 0 aromatic carbocycles. The molecular weight excluding hydrogens is 238 g/mol. The van der Waals surface area contributed by atoms with Crippen LogP contribution in [0.4, 0.5) is 5.82 Å². The molecule has 5 nitrogen and oxygen atoms in total. The highest BCUT2D eigenvalue weighted by Gasteiger charge is 2.28. The number of hydrogen-bond donors (Lipinski definition) is 1. The summed E-state index contributed by atoms with van der Waals surface area (Å²) in [5, 5.41) is 0. The van der Waals surface area contributed by atoms with Crippen LogP contribution in [0.3, 0.4) is 0 Å². The first-order chi connectivity index (χ1) is 9.20. The Labute approximate surface area is 112 Å². The van der Waals surface area contributed by atoms with E-state index in [9.17, 15) is 0 Å². The van der Waals surface area contributed by atoms with E-state index in [4.69, 9.17) is 10.7 Å². The smallest absolute Gasteiger partial charge is 0.159 e. The number of imidazole rings is 1. The summed E-state index contributed by atoms with van der Waals surface area (Å²) >= 11 is 0. The van der Waals surface area contributed by atoms with E-state index in [-0.39, 0.29) is 0 Å². The SMILES string of the molecule is CCCn1ccnc1-c1nc(C2CC2)nc(N)c1C. The lowest BCUT2D eigenvalue weighted by atomic mass is 10.2. The van der Waals surface area contributed by atoms with Crippen molar-refractivity contribution in [2.24, 2.45) is 0 Å². The Kier molecular flexibility index (Phi) is 2.97. The number of anilines is 1. The van der Waals surface area contributed by atoms with Gasteiger partial charge in [-0.05, 0) is 26.2 Å². The predicted octanol–water partition coefficient (Wildman–Crippen LogP) is 2.52. The number of aromatic nitrogens is 4. The number of aryl methyl sites for hydroxylation is 1. The number of nitrogens with two attached hydrogens (primary N) is 1. The molecular formula is C14H19N5. The van der Waals surface area contributed by atoms with Crippen LogP contribution in [0.5, 0.6) is 0 Å². The van der Waals surface area contributed by atoms with Crippen LogP contribution >= 0.6 is 0 Å². The summed E-state index contributed by atoms with van der Waals surface area (Å²) in [5.41, 5.74) is 7.84. The zero-order chi connectivity index (χ0) is 13.4. The third-order valence-electron chi connectivity index (χ3n) is 3.54. The Morgan fingerprint density at radius 1 is 1.37 bits per heavy atom. The standard InChI is InChI=1S/C14H19N5/c1-3-7-19-8-6-16-14(19)11-9(2)12(15)18-13(17-11)10-4-5-10/h6,8,10H,3-5,7H2,1-2H3,(H2,15,17,18). The van der Waals surface area contributed by atoms with Crippen molar-refractivity contribution in [3.63, 3.8) is 0 Å². The fourth-order valence-corrected chi connectivity index (χ4v) is 2.24. The van der Waals surface area contributed by atoms with Gasteiger partial charge in [0.05, 0.1) is 0 Å². The summed E-state index contributed by atoms with van der Waals surface area (Å²) in [6, 6.07) is 0. The van der Waals surface area contributed by atoms with Gasteiger partial charge in [-0.1, -0.05) is 6.92 Å². The minimum Gasteiger partial charge on any atom is -0.383 e. The minimum absolute atomic E-state index is 0.497. The van der Waals surface area contributed by atoms with Crippen molar-refractivity contribution in [2.45, 2.75) is 45.6 Å². The monoisotopic (exact) mass is 257 g/mol. The second-order valence-electron chi connectivity index (χ2n) is 5.16. The molecule has 0 aliphatic heterocycles. The molecule has 0 radical (unpaired) electrons. The van der Waals surface area contributed by atoms with Crippen LogP contribution in [-0.2, 0) is 6.54 Å². The van der Waals surface area contributed by atoms with Crippen molar-refractivity contribution in [1.82, 2.24) is 19.5 Å². The van der Waals surface area contributed by atoms with E-state index in [1.54, 1.807) is 0 Å². The fourth-order valence-electron chi connectivity index (χ4n) is 2.24. The maximum Gasteiger partial charge on any atom is 0.159 e. The molecule has 1 aliphatic carbocycles. The van der Waals surface area contributed by atoms with E-state index >= 15 is 0 Å². The number of hydrogen-bond acceptors (Lipinski definition) is 4. The molecule has 5 heteroatoms. The van der Waals surface area contributed by atoms with Gasteiger partial charge in [-0.25, -0.2) is 15.0 Å². The van der Waals surface area contributed by atoms with Gasteiger partial charge in [0.1, 0.15) is 17.3 Å². The molecule has 0 amide bonds. The van der Waals surface area contributed by atoms with E-state index < -0.39 is 0 Å². The lowest BCUT2D eigenvalue weighted by Crippen LogP contribution is -2.07. The Hall–Kier alpha value is -1.91. The van der Waals surface area contributed by atoms with Crippen molar-refractivity contribution < 1.29 is 0 Å². The Morgan fingerprint density at radius 3 is 2.84 bits per heavy atom. The van der Waals surface area contributed by atoms with Gasteiger partial charge in [0.2, 0.25) is 0 Å². The van der Waals surface area contributed by atoms with Crippen LogP contribution in [0, 0.1) is 6.92 Å². The quantitative estimate of drug-likeness (QED) is 0.913. The van der Waals surface area contributed by atoms with E-state index in [0.717, 1.165) is 35.9 Å². The van der Waals surface area contributed by atoms with Crippen molar-refractivity contribution in [3.05, 3.63) is 23.8 Å². The molecule has 2 N–H and O–H groups in total. The van der Waals surface area contributed by atoms with Crippen molar-refractivity contribution in [2.75, 3.05) is 5.73 Å². The van der Waals surface area contributed by atoms with Crippen LogP contribution in [0.2, 0.25) is 0 Å². The minimum atomic E-state index is 0.497. The molecule has 100 valence electrons. The van der Waals surface area contributed by atoms with Crippen LogP contribution < -0.4 is 5.73 Å². The first-order valence-corrected chi connectivity index (χ1v) is 6.86. The van der Waals surface area contributed by atoms with E-state index in [0.29, 0.717) is 11.7 Å². The van der Waals surface area contributed by atoms with E-state index in [1.165, 1.54) is 12.8 Å². The molecule has 2 heterocycles. The predicted molar refractivity (Wildman–Crippen MR) is 74.7 cm³/mol. The van der Waals surface area contributed by atoms with Crippen molar-refractivity contribution in [1.29, 1.82) is 0 Å². The van der Waals surface area contributed by atoms with E-state index in [1.807, 2.05) is 19.3 Å². The molecule has 0 atom stereocenters. The van der Waals surface area contributed by atoms with Crippen LogP contribution in [-0.4, -0.2) is 19.5 Å². The summed E-state index contributed by atoms with van der Waals surface area (Å²) in [6.45, 7) is 5.06. The number of nitrogen functional groups attached to an aromatic ring is 1. The van der Waals surface area contributed by atoms with Gasteiger partial charge < -0.3 is 10.3 Å². The lowest BCUT2D eigenvalue weighted by molar-refractivity contribution is 0.682. The second-order valence-corrected chi connectivity index (χ2v) is 5.16. The first-order valence-electron chi connectivity index (χ1n) is 6.86. The van der Waals surface area contributed by atoms with Crippen molar-refractivity contribution >= 4 is 5.82 Å². The molecule has 0 unspecified atom stereocenters. The normalized spacial score (nSPS) is 14.8. The largest absolute Gasteiger partial charge is 0.383 e. The van der Waals surface area contributed by atoms with Crippen LogP contribution in [0.15, 0.2) is 12.4 Å². The van der Waals surface area contributed by atoms with Gasteiger partial charge in [0.15, 0.2) is 5.82 Å². The third-order valence-corrected chi connectivity index (χ3v) is 3.54.